The third-order valence-corrected chi connectivity index (χ3v) is 3.79. The molecule has 2 nitrogen and oxygen atoms in total. The molecule has 0 saturated carbocycles. The molecule has 1 heterocycles. The fraction of sp³-hybridized carbons (Fsp3) is 0.882. The standard InChI is InChI=1S/C17H30O2/c1-2-3-4-5-6-7-8-9-10-13-16-17(19-16)14-11-12-15-18/h16-18H,2-10,13-15H2,1H3/t16-,17+/m1/s1. The Bertz CT molecular complexity index is 264. The maximum absolute atomic E-state index is 8.54. The molecule has 2 atom stereocenters. The lowest BCUT2D eigenvalue weighted by molar-refractivity contribution is 0.350. The molecule has 19 heavy (non-hydrogen) atoms. The van der Waals surface area contributed by atoms with Crippen molar-refractivity contribution in [3.63, 3.8) is 0 Å². The fourth-order valence-electron chi connectivity index (χ4n) is 2.50. The van der Waals surface area contributed by atoms with Gasteiger partial charge in [-0.05, 0) is 6.42 Å². The summed E-state index contributed by atoms with van der Waals surface area (Å²) in [4.78, 5) is 0. The van der Waals surface area contributed by atoms with Gasteiger partial charge in [0.1, 0.15) is 6.61 Å². The molecule has 0 aliphatic carbocycles. The van der Waals surface area contributed by atoms with E-state index in [1.165, 1.54) is 64.2 Å². The molecule has 0 bridgehead atoms. The van der Waals surface area contributed by atoms with Gasteiger partial charge in [0.25, 0.3) is 0 Å². The fourth-order valence-corrected chi connectivity index (χ4v) is 2.50. The van der Waals surface area contributed by atoms with Crippen LogP contribution in [-0.4, -0.2) is 23.9 Å². The Morgan fingerprint density at radius 1 is 0.842 bits per heavy atom. The Hall–Kier alpha value is -0.520. The first kappa shape index (κ1) is 16.5. The number of hydrogen-bond donors (Lipinski definition) is 1. The Kier molecular flexibility index (Phi) is 9.85. The van der Waals surface area contributed by atoms with Crippen LogP contribution in [0, 0.1) is 11.8 Å². The predicted molar refractivity (Wildman–Crippen MR) is 80.0 cm³/mol. The summed E-state index contributed by atoms with van der Waals surface area (Å²) in [6, 6.07) is 0. The Morgan fingerprint density at radius 2 is 1.47 bits per heavy atom. The van der Waals surface area contributed by atoms with Crippen molar-refractivity contribution in [1.82, 2.24) is 0 Å². The van der Waals surface area contributed by atoms with E-state index < -0.39 is 0 Å². The van der Waals surface area contributed by atoms with Crippen molar-refractivity contribution in [1.29, 1.82) is 0 Å². The summed E-state index contributed by atoms with van der Waals surface area (Å²) >= 11 is 0. The minimum atomic E-state index is -0.0321. The molecule has 1 N–H and O–H groups in total. The Morgan fingerprint density at radius 3 is 2.11 bits per heavy atom. The quantitative estimate of drug-likeness (QED) is 0.347. The SMILES string of the molecule is CCCCCCCCCCC[C@H]1O[C@H]1CC#CCO. The third kappa shape index (κ3) is 9.08. The monoisotopic (exact) mass is 266 g/mol. The van der Waals surface area contributed by atoms with Crippen LogP contribution < -0.4 is 0 Å². The maximum atomic E-state index is 8.54. The van der Waals surface area contributed by atoms with Crippen molar-refractivity contribution in [3.05, 3.63) is 0 Å². The largest absolute Gasteiger partial charge is 0.384 e. The summed E-state index contributed by atoms with van der Waals surface area (Å²) in [5, 5.41) is 8.54. The Labute approximate surface area is 118 Å². The highest BCUT2D eigenvalue weighted by molar-refractivity contribution is 5.04. The molecule has 0 spiro atoms. The van der Waals surface area contributed by atoms with Gasteiger partial charge in [-0.15, -0.1) is 0 Å². The number of aliphatic hydroxyl groups is 1. The lowest BCUT2D eigenvalue weighted by Gasteiger charge is -2.01. The third-order valence-electron chi connectivity index (χ3n) is 3.79. The van der Waals surface area contributed by atoms with Gasteiger partial charge in [-0.2, -0.15) is 0 Å². The van der Waals surface area contributed by atoms with Crippen LogP contribution in [0.1, 0.15) is 77.6 Å². The average molecular weight is 266 g/mol. The van der Waals surface area contributed by atoms with E-state index in [9.17, 15) is 0 Å². The van der Waals surface area contributed by atoms with Gasteiger partial charge >= 0.3 is 0 Å². The molecule has 1 saturated heterocycles. The predicted octanol–water partition coefficient (Wildman–Crippen LogP) is 4.06. The average Bonchev–Trinajstić information content (AvgIpc) is 3.16. The molecule has 0 aromatic rings. The van der Waals surface area contributed by atoms with E-state index in [2.05, 4.69) is 18.8 Å². The normalized spacial score (nSPS) is 20.9. The molecule has 1 aliphatic heterocycles. The van der Waals surface area contributed by atoms with Crippen molar-refractivity contribution in [2.75, 3.05) is 6.61 Å². The summed E-state index contributed by atoms with van der Waals surface area (Å²) in [6.45, 7) is 2.23. The highest BCUT2D eigenvalue weighted by Crippen LogP contribution is 2.29. The summed E-state index contributed by atoms with van der Waals surface area (Å²) in [5.74, 6) is 5.61. The molecule has 0 aromatic heterocycles. The summed E-state index contributed by atoms with van der Waals surface area (Å²) in [6.07, 6.45) is 15.2. The highest BCUT2D eigenvalue weighted by atomic mass is 16.6. The van der Waals surface area contributed by atoms with Crippen molar-refractivity contribution >= 4 is 0 Å². The molecule has 1 rings (SSSR count). The second kappa shape index (κ2) is 11.3. The minimum absolute atomic E-state index is 0.0321. The lowest BCUT2D eigenvalue weighted by Crippen LogP contribution is -1.93. The highest BCUT2D eigenvalue weighted by Gasteiger charge is 2.36. The van der Waals surface area contributed by atoms with E-state index in [1.54, 1.807) is 0 Å². The van der Waals surface area contributed by atoms with Crippen molar-refractivity contribution in [2.24, 2.45) is 0 Å². The van der Waals surface area contributed by atoms with E-state index >= 15 is 0 Å². The van der Waals surface area contributed by atoms with Crippen LogP contribution >= 0.6 is 0 Å². The van der Waals surface area contributed by atoms with Crippen molar-refractivity contribution in [3.8, 4) is 11.8 Å². The summed E-state index contributed by atoms with van der Waals surface area (Å²) in [5.41, 5.74) is 0. The summed E-state index contributed by atoms with van der Waals surface area (Å²) < 4.78 is 5.55. The number of rotatable bonds is 11. The Balaban J connectivity index is 1.77. The van der Waals surface area contributed by atoms with E-state index in [0.717, 1.165) is 6.42 Å². The van der Waals surface area contributed by atoms with Gasteiger partial charge in [-0.25, -0.2) is 0 Å². The number of aliphatic hydroxyl groups excluding tert-OH is 1. The number of ether oxygens (including phenoxy) is 1. The van der Waals surface area contributed by atoms with Crippen LogP contribution in [-0.2, 0) is 4.74 Å². The van der Waals surface area contributed by atoms with Crippen molar-refractivity contribution < 1.29 is 9.84 Å². The number of hydrogen-bond acceptors (Lipinski definition) is 2. The zero-order chi connectivity index (χ0) is 13.8. The first-order valence-electron chi connectivity index (χ1n) is 8.10. The van der Waals surface area contributed by atoms with Crippen LogP contribution in [0.25, 0.3) is 0 Å². The topological polar surface area (TPSA) is 32.8 Å². The van der Waals surface area contributed by atoms with Gasteiger partial charge in [-0.3, -0.25) is 0 Å². The molecule has 0 radical (unpaired) electrons. The van der Waals surface area contributed by atoms with Gasteiger partial charge in [0.15, 0.2) is 0 Å². The van der Waals surface area contributed by atoms with Crippen LogP contribution in [0.3, 0.4) is 0 Å². The van der Waals surface area contributed by atoms with E-state index in [4.69, 9.17) is 9.84 Å². The smallest absolute Gasteiger partial charge is 0.104 e. The van der Waals surface area contributed by atoms with Gasteiger partial charge in [0.2, 0.25) is 0 Å². The summed E-state index contributed by atoms with van der Waals surface area (Å²) in [7, 11) is 0. The molecule has 2 heteroatoms. The zero-order valence-corrected chi connectivity index (χ0v) is 12.5. The molecular formula is C17H30O2. The van der Waals surface area contributed by atoms with Gasteiger partial charge < -0.3 is 9.84 Å². The van der Waals surface area contributed by atoms with Crippen LogP contribution in [0.5, 0.6) is 0 Å². The first-order chi connectivity index (χ1) is 9.38. The molecule has 0 aromatic carbocycles. The van der Waals surface area contributed by atoms with Crippen LogP contribution in [0.15, 0.2) is 0 Å². The zero-order valence-electron chi connectivity index (χ0n) is 12.5. The molecule has 0 amide bonds. The molecule has 1 fully saturated rings. The molecular weight excluding hydrogens is 236 g/mol. The van der Waals surface area contributed by atoms with Gasteiger partial charge in [-0.1, -0.05) is 76.6 Å². The first-order valence-corrected chi connectivity index (χ1v) is 8.10. The molecule has 0 unspecified atom stereocenters. The van der Waals surface area contributed by atoms with Crippen molar-refractivity contribution in [2.45, 2.75) is 89.8 Å². The van der Waals surface area contributed by atoms with E-state index in [1.807, 2.05) is 0 Å². The van der Waals surface area contributed by atoms with E-state index in [-0.39, 0.29) is 6.61 Å². The number of unbranched alkanes of at least 4 members (excludes halogenated alkanes) is 8. The molecule has 1 aliphatic rings. The van der Waals surface area contributed by atoms with Gasteiger partial charge in [0, 0.05) is 6.42 Å². The minimum Gasteiger partial charge on any atom is -0.384 e. The van der Waals surface area contributed by atoms with Gasteiger partial charge in [0.05, 0.1) is 12.2 Å². The second-order valence-corrected chi connectivity index (χ2v) is 5.55. The van der Waals surface area contributed by atoms with Crippen LogP contribution in [0.4, 0.5) is 0 Å². The molecule has 110 valence electrons. The van der Waals surface area contributed by atoms with Crippen LogP contribution in [0.2, 0.25) is 0 Å². The number of epoxide rings is 1. The van der Waals surface area contributed by atoms with E-state index in [0.29, 0.717) is 12.2 Å². The second-order valence-electron chi connectivity index (χ2n) is 5.55. The lowest BCUT2D eigenvalue weighted by atomic mass is 10.0. The maximum Gasteiger partial charge on any atom is 0.104 e.